The Bertz CT molecular complexity index is 2870. The average molecular weight is 699 g/mol. The van der Waals surface area contributed by atoms with E-state index in [0.717, 1.165) is 0 Å². The van der Waals surface area contributed by atoms with E-state index in [1.54, 1.807) is 0 Å². The minimum atomic E-state index is -0.499. The molecule has 0 saturated heterocycles. The maximum Gasteiger partial charge on any atom is 0.0720 e. The van der Waals surface area contributed by atoms with Crippen molar-refractivity contribution in [1.29, 1.82) is 0 Å². The number of hydrogen-bond acceptors (Lipinski definition) is 1. The quantitative estimate of drug-likeness (QED) is 0.148. The van der Waals surface area contributed by atoms with Crippen LogP contribution in [0.15, 0.2) is 146 Å². The van der Waals surface area contributed by atoms with Gasteiger partial charge in [0.1, 0.15) is 0 Å². The molecule has 0 amide bonds. The average Bonchev–Trinajstić information content (AvgIpc) is 3.77. The summed E-state index contributed by atoms with van der Waals surface area (Å²) in [6.45, 7) is 14.1. The smallest absolute Gasteiger partial charge is 0.0720 e. The molecule has 0 radical (unpaired) electrons. The molecule has 0 N–H and O–H groups in total. The summed E-state index contributed by atoms with van der Waals surface area (Å²) in [7, 11) is 0. The Morgan fingerprint density at radius 2 is 0.774 bits per heavy atom. The summed E-state index contributed by atoms with van der Waals surface area (Å²) in [5, 5.41) is 2.70. The molecule has 1 heteroatoms. The van der Waals surface area contributed by atoms with Crippen molar-refractivity contribution in [3.05, 3.63) is 201 Å². The van der Waals surface area contributed by atoms with E-state index in [-0.39, 0.29) is 10.8 Å². The predicted octanol–water partition coefficient (Wildman–Crippen LogP) is 13.7. The van der Waals surface area contributed by atoms with Gasteiger partial charge in [0.2, 0.25) is 0 Å². The second kappa shape index (κ2) is 10.2. The summed E-state index contributed by atoms with van der Waals surface area (Å²) < 4.78 is 2.70. The van der Waals surface area contributed by atoms with Gasteiger partial charge in [0.25, 0.3) is 0 Å². The van der Waals surface area contributed by atoms with Crippen LogP contribution in [-0.2, 0) is 21.7 Å². The number of rotatable bonds is 0. The molecule has 0 fully saturated rings. The van der Waals surface area contributed by atoms with Gasteiger partial charge in [-0.25, -0.2) is 0 Å². The van der Waals surface area contributed by atoms with Gasteiger partial charge in [0, 0.05) is 20.2 Å². The lowest BCUT2D eigenvalue weighted by atomic mass is 9.52. The SMILES string of the molecule is CC(C)(C)c1ccc2c(c1)C1(c3ccccc3-2)c2ccccc2C2(c3ccccc3-c3ccc(C(C)(C)C)cc32)c2cc3c(cc21)sc1ccccc13. The molecule has 0 saturated carbocycles. The van der Waals surface area contributed by atoms with Gasteiger partial charge in [0.05, 0.1) is 10.8 Å². The standard InChI is InChI=1S/C52H42S/c1-49(2,3)31-23-25-35-33-15-7-10-18-39(33)51(43(35)27-31)41-20-12-13-21-42(41)52(46-30-48-38(29-45(46)51)37-17-9-14-22-47(37)53-48)40-19-11-8-16-34(40)36-26-24-32(28-44(36)52)50(4,5)6/h7-30H,1-6H3. The Kier molecular flexibility index (Phi) is 6.05. The summed E-state index contributed by atoms with van der Waals surface area (Å²) in [6.07, 6.45) is 0. The summed E-state index contributed by atoms with van der Waals surface area (Å²) in [4.78, 5) is 0. The lowest BCUT2D eigenvalue weighted by Gasteiger charge is -2.49. The molecule has 0 nitrogen and oxygen atoms in total. The van der Waals surface area contributed by atoms with E-state index in [2.05, 4.69) is 187 Å². The van der Waals surface area contributed by atoms with Crippen molar-refractivity contribution in [2.45, 2.75) is 63.2 Å². The first kappa shape index (κ1) is 31.3. The fourth-order valence-corrected chi connectivity index (χ4v) is 11.6. The highest BCUT2D eigenvalue weighted by Crippen LogP contribution is 2.68. The molecule has 11 rings (SSSR count). The molecule has 0 aliphatic heterocycles. The van der Waals surface area contributed by atoms with Gasteiger partial charge in [-0.2, -0.15) is 0 Å². The van der Waals surface area contributed by atoms with Gasteiger partial charge in [0.15, 0.2) is 0 Å². The molecule has 8 aromatic rings. The lowest BCUT2D eigenvalue weighted by Crippen LogP contribution is -2.44. The Hall–Kier alpha value is -5.24. The van der Waals surface area contributed by atoms with Crippen molar-refractivity contribution in [2.75, 3.05) is 0 Å². The van der Waals surface area contributed by atoms with E-state index < -0.39 is 10.8 Å². The zero-order valence-corrected chi connectivity index (χ0v) is 32.1. The predicted molar refractivity (Wildman–Crippen MR) is 225 cm³/mol. The van der Waals surface area contributed by atoms with Crippen molar-refractivity contribution in [2.24, 2.45) is 0 Å². The third-order valence-corrected chi connectivity index (χ3v) is 14.0. The van der Waals surface area contributed by atoms with Gasteiger partial charge in [-0.15, -0.1) is 11.3 Å². The lowest BCUT2D eigenvalue weighted by molar-refractivity contribution is 0.582. The van der Waals surface area contributed by atoms with Crippen LogP contribution in [0.5, 0.6) is 0 Å². The fourth-order valence-electron chi connectivity index (χ4n) is 10.5. The first-order valence-electron chi connectivity index (χ1n) is 19.1. The number of thiophene rings is 1. The van der Waals surface area contributed by atoms with Gasteiger partial charge < -0.3 is 0 Å². The van der Waals surface area contributed by atoms with Crippen LogP contribution >= 0.6 is 11.3 Å². The normalized spacial score (nSPS) is 19.3. The molecule has 2 spiro atoms. The van der Waals surface area contributed by atoms with Crippen molar-refractivity contribution >= 4 is 31.5 Å². The van der Waals surface area contributed by atoms with E-state index in [1.165, 1.54) is 98.1 Å². The minimum absolute atomic E-state index is 0.00341. The van der Waals surface area contributed by atoms with E-state index in [9.17, 15) is 0 Å². The summed E-state index contributed by atoms with van der Waals surface area (Å²) in [6, 6.07) is 57.1. The van der Waals surface area contributed by atoms with Crippen molar-refractivity contribution in [3.63, 3.8) is 0 Å². The van der Waals surface area contributed by atoms with Crippen molar-refractivity contribution < 1.29 is 0 Å². The van der Waals surface area contributed by atoms with E-state index in [1.807, 2.05) is 11.3 Å². The number of benzene rings is 7. The molecule has 256 valence electrons. The van der Waals surface area contributed by atoms with Crippen LogP contribution in [0, 0.1) is 0 Å². The fraction of sp³-hybridized carbons (Fsp3) is 0.192. The largest absolute Gasteiger partial charge is 0.135 e. The maximum atomic E-state index is 2.63. The van der Waals surface area contributed by atoms with Gasteiger partial charge in [-0.3, -0.25) is 0 Å². The maximum absolute atomic E-state index is 2.63. The second-order valence-corrected chi connectivity index (χ2v) is 18.7. The zero-order chi connectivity index (χ0) is 36.1. The summed E-state index contributed by atoms with van der Waals surface area (Å²) in [5.74, 6) is 0. The topological polar surface area (TPSA) is 0 Å². The van der Waals surface area contributed by atoms with Crippen LogP contribution in [0.25, 0.3) is 42.4 Å². The Labute approximate surface area is 316 Å². The minimum Gasteiger partial charge on any atom is -0.135 e. The highest BCUT2D eigenvalue weighted by Gasteiger charge is 2.59. The zero-order valence-electron chi connectivity index (χ0n) is 31.3. The molecule has 3 aliphatic carbocycles. The molecule has 7 aromatic carbocycles. The van der Waals surface area contributed by atoms with Crippen molar-refractivity contribution in [3.8, 4) is 22.3 Å². The van der Waals surface area contributed by atoms with Crippen LogP contribution in [0.4, 0.5) is 0 Å². The molecule has 3 aliphatic rings. The molecular formula is C52H42S. The van der Waals surface area contributed by atoms with Crippen molar-refractivity contribution in [1.82, 2.24) is 0 Å². The van der Waals surface area contributed by atoms with Crippen LogP contribution in [0.3, 0.4) is 0 Å². The molecule has 2 atom stereocenters. The highest BCUT2D eigenvalue weighted by molar-refractivity contribution is 7.25. The first-order chi connectivity index (χ1) is 25.5. The highest BCUT2D eigenvalue weighted by atomic mass is 32.1. The second-order valence-electron chi connectivity index (χ2n) is 17.6. The third-order valence-electron chi connectivity index (χ3n) is 12.9. The molecule has 53 heavy (non-hydrogen) atoms. The summed E-state index contributed by atoms with van der Waals surface area (Å²) in [5.41, 5.74) is 18.4. The van der Waals surface area contributed by atoms with Gasteiger partial charge in [-0.1, -0.05) is 169 Å². The Balaban J connectivity index is 1.40. The van der Waals surface area contributed by atoms with E-state index in [0.29, 0.717) is 0 Å². The molecule has 2 unspecified atom stereocenters. The van der Waals surface area contributed by atoms with Crippen LogP contribution < -0.4 is 0 Å². The number of fused-ring (bicyclic) bond motifs is 19. The van der Waals surface area contributed by atoms with Gasteiger partial charge in [-0.05, 0) is 107 Å². The van der Waals surface area contributed by atoms with Crippen LogP contribution in [0.1, 0.15) is 97.2 Å². The van der Waals surface area contributed by atoms with E-state index >= 15 is 0 Å². The van der Waals surface area contributed by atoms with Crippen LogP contribution in [0.2, 0.25) is 0 Å². The molecule has 1 heterocycles. The Morgan fingerprint density at radius 1 is 0.340 bits per heavy atom. The summed E-state index contributed by atoms with van der Waals surface area (Å²) >= 11 is 1.94. The molecule has 1 aromatic heterocycles. The van der Waals surface area contributed by atoms with Gasteiger partial charge >= 0.3 is 0 Å². The third kappa shape index (κ3) is 3.81. The van der Waals surface area contributed by atoms with Crippen LogP contribution in [-0.4, -0.2) is 0 Å². The van der Waals surface area contributed by atoms with E-state index in [4.69, 9.17) is 0 Å². The number of hydrogen-bond donors (Lipinski definition) is 0. The molecular weight excluding hydrogens is 657 g/mol. The first-order valence-corrected chi connectivity index (χ1v) is 19.9. The molecule has 0 bridgehead atoms. The Morgan fingerprint density at radius 3 is 1.30 bits per heavy atom. The monoisotopic (exact) mass is 698 g/mol.